The molecular formula is C10H19ClN4O. The summed E-state index contributed by atoms with van der Waals surface area (Å²) in [5.74, 6) is 6.95. The van der Waals surface area contributed by atoms with Crippen LogP contribution in [-0.4, -0.2) is 22.8 Å². The third-order valence-electron chi connectivity index (χ3n) is 2.52. The van der Waals surface area contributed by atoms with E-state index in [2.05, 4.69) is 10.5 Å². The second kappa shape index (κ2) is 6.73. The average Bonchev–Trinajstić information content (AvgIpc) is 2.73. The third-order valence-corrected chi connectivity index (χ3v) is 2.79. The lowest BCUT2D eigenvalue weighted by Gasteiger charge is -2.18. The fourth-order valence-electron chi connectivity index (χ4n) is 1.72. The number of hydrazine groups is 1. The summed E-state index contributed by atoms with van der Waals surface area (Å²) >= 11 is 5.69. The van der Waals surface area contributed by atoms with Crippen LogP contribution in [0, 0.1) is 0 Å². The van der Waals surface area contributed by atoms with Gasteiger partial charge >= 0.3 is 0 Å². The Morgan fingerprint density at radius 1 is 1.69 bits per heavy atom. The Morgan fingerprint density at radius 2 is 2.44 bits per heavy atom. The van der Waals surface area contributed by atoms with Crippen LogP contribution >= 0.6 is 11.6 Å². The van der Waals surface area contributed by atoms with Crippen molar-refractivity contribution in [3.8, 4) is 5.75 Å². The molecule has 0 saturated heterocycles. The first-order valence-electron chi connectivity index (χ1n) is 5.40. The zero-order valence-electron chi connectivity index (χ0n) is 9.74. The topological polar surface area (TPSA) is 65.1 Å². The standard InChI is InChI=1S/C10H19ClN4O/c1-3-15-10(9(16-2)7-13-15)8(14-12)5-4-6-11/h7-8,14H,3-6,12H2,1-2H3. The molecule has 0 saturated carbocycles. The van der Waals surface area contributed by atoms with Crippen LogP contribution in [0.15, 0.2) is 6.20 Å². The van der Waals surface area contributed by atoms with E-state index in [4.69, 9.17) is 22.2 Å². The SMILES string of the molecule is CCn1ncc(OC)c1C(CCCCl)NN. The molecule has 0 bridgehead atoms. The molecule has 1 rings (SSSR count). The van der Waals surface area contributed by atoms with Crippen LogP contribution in [0.1, 0.15) is 31.5 Å². The van der Waals surface area contributed by atoms with Crippen molar-refractivity contribution in [1.82, 2.24) is 15.2 Å². The van der Waals surface area contributed by atoms with Gasteiger partial charge in [0.25, 0.3) is 0 Å². The predicted molar refractivity (Wildman–Crippen MR) is 64.5 cm³/mol. The molecule has 1 aromatic rings. The number of aryl methyl sites for hydroxylation is 1. The molecule has 16 heavy (non-hydrogen) atoms. The molecule has 0 fully saturated rings. The van der Waals surface area contributed by atoms with Crippen LogP contribution in [0.5, 0.6) is 5.75 Å². The first-order valence-corrected chi connectivity index (χ1v) is 5.93. The van der Waals surface area contributed by atoms with Gasteiger partial charge in [0.05, 0.1) is 25.0 Å². The Labute approximate surface area is 101 Å². The number of rotatable bonds is 7. The quantitative estimate of drug-likeness (QED) is 0.434. The van der Waals surface area contributed by atoms with Gasteiger partial charge in [-0.15, -0.1) is 11.6 Å². The molecule has 3 N–H and O–H groups in total. The lowest BCUT2D eigenvalue weighted by Crippen LogP contribution is -2.30. The van der Waals surface area contributed by atoms with Crippen molar-refractivity contribution >= 4 is 11.6 Å². The molecule has 0 aliphatic carbocycles. The number of ether oxygens (including phenoxy) is 1. The van der Waals surface area contributed by atoms with Crippen molar-refractivity contribution in [3.05, 3.63) is 11.9 Å². The summed E-state index contributed by atoms with van der Waals surface area (Å²) in [7, 11) is 1.63. The fraction of sp³-hybridized carbons (Fsp3) is 0.700. The number of alkyl halides is 1. The van der Waals surface area contributed by atoms with Gasteiger partial charge in [-0.3, -0.25) is 16.0 Å². The van der Waals surface area contributed by atoms with E-state index in [1.54, 1.807) is 13.3 Å². The van der Waals surface area contributed by atoms with E-state index >= 15 is 0 Å². The highest BCUT2D eigenvalue weighted by atomic mass is 35.5. The van der Waals surface area contributed by atoms with Crippen LogP contribution in [0.3, 0.4) is 0 Å². The van der Waals surface area contributed by atoms with Crippen molar-refractivity contribution < 1.29 is 4.74 Å². The van der Waals surface area contributed by atoms with E-state index < -0.39 is 0 Å². The molecule has 92 valence electrons. The molecule has 6 heteroatoms. The summed E-state index contributed by atoms with van der Waals surface area (Å²) in [6, 6.07) is 0.0242. The van der Waals surface area contributed by atoms with Crippen LogP contribution < -0.4 is 16.0 Å². The van der Waals surface area contributed by atoms with Crippen molar-refractivity contribution in [2.45, 2.75) is 32.4 Å². The number of methoxy groups -OCH3 is 1. The van der Waals surface area contributed by atoms with E-state index in [0.717, 1.165) is 30.8 Å². The molecule has 0 amide bonds. The largest absolute Gasteiger partial charge is 0.493 e. The van der Waals surface area contributed by atoms with Gasteiger partial charge in [0, 0.05) is 12.4 Å². The number of hydrogen-bond acceptors (Lipinski definition) is 4. The van der Waals surface area contributed by atoms with E-state index in [9.17, 15) is 0 Å². The molecule has 1 aromatic heterocycles. The van der Waals surface area contributed by atoms with Gasteiger partial charge < -0.3 is 4.74 Å². The van der Waals surface area contributed by atoms with E-state index in [-0.39, 0.29) is 6.04 Å². The summed E-state index contributed by atoms with van der Waals surface area (Å²) in [4.78, 5) is 0. The molecular weight excluding hydrogens is 228 g/mol. The van der Waals surface area contributed by atoms with Crippen LogP contribution in [0.2, 0.25) is 0 Å². The molecule has 0 aliphatic heterocycles. The minimum Gasteiger partial charge on any atom is -0.493 e. The van der Waals surface area contributed by atoms with Gasteiger partial charge in [0.2, 0.25) is 0 Å². The summed E-state index contributed by atoms with van der Waals surface area (Å²) in [5, 5.41) is 4.25. The van der Waals surface area contributed by atoms with E-state index in [1.165, 1.54) is 0 Å². The Hall–Kier alpha value is -0.780. The fourth-order valence-corrected chi connectivity index (χ4v) is 1.87. The first kappa shape index (κ1) is 13.3. The Balaban J connectivity index is 2.91. The second-order valence-electron chi connectivity index (χ2n) is 3.46. The Morgan fingerprint density at radius 3 is 2.94 bits per heavy atom. The molecule has 0 spiro atoms. The molecule has 5 nitrogen and oxygen atoms in total. The zero-order valence-corrected chi connectivity index (χ0v) is 10.5. The molecule has 0 aliphatic rings. The Kier molecular flexibility index (Phi) is 5.59. The van der Waals surface area contributed by atoms with E-state index in [1.807, 2.05) is 11.6 Å². The van der Waals surface area contributed by atoms with Gasteiger partial charge in [-0.2, -0.15) is 5.10 Å². The van der Waals surface area contributed by atoms with Crippen molar-refractivity contribution in [2.75, 3.05) is 13.0 Å². The predicted octanol–water partition coefficient (Wildman–Crippen LogP) is 1.44. The lowest BCUT2D eigenvalue weighted by atomic mass is 10.1. The number of nitrogens with zero attached hydrogens (tertiary/aromatic N) is 2. The molecule has 0 radical (unpaired) electrons. The smallest absolute Gasteiger partial charge is 0.161 e. The van der Waals surface area contributed by atoms with Gasteiger partial charge in [0.15, 0.2) is 5.75 Å². The molecule has 1 unspecified atom stereocenters. The minimum atomic E-state index is 0.0242. The maximum Gasteiger partial charge on any atom is 0.161 e. The van der Waals surface area contributed by atoms with Crippen molar-refractivity contribution in [3.63, 3.8) is 0 Å². The Bertz CT molecular complexity index is 294. The molecule has 1 heterocycles. The third kappa shape index (κ3) is 2.87. The first-order chi connectivity index (χ1) is 7.78. The average molecular weight is 247 g/mol. The van der Waals surface area contributed by atoms with Crippen LogP contribution in [-0.2, 0) is 6.54 Å². The van der Waals surface area contributed by atoms with Crippen molar-refractivity contribution in [1.29, 1.82) is 0 Å². The maximum atomic E-state index is 5.69. The number of halogens is 1. The zero-order chi connectivity index (χ0) is 12.0. The van der Waals surface area contributed by atoms with Crippen molar-refractivity contribution in [2.24, 2.45) is 5.84 Å². The second-order valence-corrected chi connectivity index (χ2v) is 3.84. The monoisotopic (exact) mass is 246 g/mol. The summed E-state index contributed by atoms with van der Waals surface area (Å²) in [6.07, 6.45) is 3.47. The number of nitrogens with one attached hydrogen (secondary N) is 1. The summed E-state index contributed by atoms with van der Waals surface area (Å²) in [5.41, 5.74) is 3.77. The lowest BCUT2D eigenvalue weighted by molar-refractivity contribution is 0.386. The highest BCUT2D eigenvalue weighted by Crippen LogP contribution is 2.27. The normalized spacial score (nSPS) is 12.8. The highest BCUT2D eigenvalue weighted by Gasteiger charge is 2.19. The summed E-state index contributed by atoms with van der Waals surface area (Å²) in [6.45, 7) is 2.82. The van der Waals surface area contributed by atoms with Gasteiger partial charge in [-0.1, -0.05) is 0 Å². The number of nitrogens with two attached hydrogens (primary N) is 1. The highest BCUT2D eigenvalue weighted by molar-refractivity contribution is 6.17. The van der Waals surface area contributed by atoms with E-state index in [0.29, 0.717) is 5.88 Å². The van der Waals surface area contributed by atoms with Gasteiger partial charge in [0.1, 0.15) is 0 Å². The van der Waals surface area contributed by atoms with Gasteiger partial charge in [-0.25, -0.2) is 0 Å². The molecule has 0 aromatic carbocycles. The number of aromatic nitrogens is 2. The summed E-state index contributed by atoms with van der Waals surface area (Å²) < 4.78 is 7.17. The maximum absolute atomic E-state index is 5.69. The van der Waals surface area contributed by atoms with Crippen LogP contribution in [0.4, 0.5) is 0 Å². The number of hydrogen-bond donors (Lipinski definition) is 2. The molecule has 1 atom stereocenters. The van der Waals surface area contributed by atoms with Crippen LogP contribution in [0.25, 0.3) is 0 Å². The van der Waals surface area contributed by atoms with Gasteiger partial charge in [-0.05, 0) is 19.8 Å². The minimum absolute atomic E-state index is 0.0242.